The van der Waals surface area contributed by atoms with Crippen molar-refractivity contribution in [3.05, 3.63) is 29.3 Å². The first kappa shape index (κ1) is 20.6. The molecule has 1 saturated heterocycles. The van der Waals surface area contributed by atoms with Crippen molar-refractivity contribution in [1.29, 1.82) is 0 Å². The van der Waals surface area contributed by atoms with Crippen molar-refractivity contribution in [2.24, 2.45) is 0 Å². The molecule has 146 valence electrons. The Hall–Kier alpha value is -1.76. The summed E-state index contributed by atoms with van der Waals surface area (Å²) in [6.45, 7) is 6.35. The fourth-order valence-electron chi connectivity index (χ4n) is 2.97. The fourth-order valence-corrected chi connectivity index (χ4v) is 2.97. The summed E-state index contributed by atoms with van der Waals surface area (Å²) in [6.07, 6.45) is -1.58. The number of esters is 1. The Morgan fingerprint density at radius 1 is 1.27 bits per heavy atom. The van der Waals surface area contributed by atoms with Crippen LogP contribution in [0.15, 0.2) is 18.2 Å². The van der Waals surface area contributed by atoms with Crippen molar-refractivity contribution in [1.82, 2.24) is 4.90 Å². The van der Waals surface area contributed by atoms with E-state index in [9.17, 15) is 18.0 Å². The van der Waals surface area contributed by atoms with E-state index in [1.54, 1.807) is 20.8 Å². The van der Waals surface area contributed by atoms with Gasteiger partial charge in [-0.3, -0.25) is 0 Å². The first-order valence-electron chi connectivity index (χ1n) is 8.75. The molecule has 0 radical (unpaired) electrons. The average molecular weight is 373 g/mol. The third kappa shape index (κ3) is 5.62. The predicted octanol–water partition coefficient (Wildman–Crippen LogP) is 4.52. The lowest BCUT2D eigenvalue weighted by Gasteiger charge is -2.22. The Morgan fingerprint density at radius 2 is 1.96 bits per heavy atom. The molecule has 1 fully saturated rings. The van der Waals surface area contributed by atoms with Gasteiger partial charge >= 0.3 is 12.1 Å². The monoisotopic (exact) mass is 373 g/mol. The minimum Gasteiger partial charge on any atom is -0.493 e. The van der Waals surface area contributed by atoms with E-state index in [4.69, 9.17) is 9.47 Å². The Labute approximate surface area is 152 Å². The van der Waals surface area contributed by atoms with Gasteiger partial charge in [0, 0.05) is 6.04 Å². The molecule has 0 spiro atoms. The molecule has 1 atom stereocenters. The molecular formula is C19H26F3NO3. The smallest absolute Gasteiger partial charge is 0.416 e. The van der Waals surface area contributed by atoms with E-state index in [0.29, 0.717) is 12.6 Å². The highest BCUT2D eigenvalue weighted by molar-refractivity contribution is 5.93. The van der Waals surface area contributed by atoms with Gasteiger partial charge < -0.3 is 14.4 Å². The van der Waals surface area contributed by atoms with Crippen LogP contribution >= 0.6 is 0 Å². The maximum Gasteiger partial charge on any atom is 0.416 e. The summed E-state index contributed by atoms with van der Waals surface area (Å²) in [4.78, 5) is 14.6. The molecule has 0 aliphatic carbocycles. The lowest BCUT2D eigenvalue weighted by Crippen LogP contribution is -2.27. The molecule has 1 unspecified atom stereocenters. The molecule has 1 aliphatic rings. The Balaban J connectivity index is 2.16. The van der Waals surface area contributed by atoms with Crippen molar-refractivity contribution in [2.75, 3.05) is 20.2 Å². The molecule has 0 N–H and O–H groups in total. The third-order valence-electron chi connectivity index (χ3n) is 4.31. The lowest BCUT2D eigenvalue weighted by atomic mass is 10.1. The minimum absolute atomic E-state index is 0.118. The lowest BCUT2D eigenvalue weighted by molar-refractivity contribution is -0.137. The molecule has 0 saturated carbocycles. The van der Waals surface area contributed by atoms with Crippen LogP contribution in [-0.4, -0.2) is 42.7 Å². The molecule has 1 aromatic carbocycles. The molecule has 26 heavy (non-hydrogen) atoms. The SMILES string of the molecule is CN1CCCC1CCOc1ccc(C(F)(F)F)cc1C(=O)OC(C)(C)C. The van der Waals surface area contributed by atoms with Crippen LogP contribution in [0.5, 0.6) is 5.75 Å². The largest absolute Gasteiger partial charge is 0.493 e. The van der Waals surface area contributed by atoms with E-state index in [2.05, 4.69) is 4.90 Å². The highest BCUT2D eigenvalue weighted by atomic mass is 19.4. The van der Waals surface area contributed by atoms with Crippen LogP contribution in [0, 0.1) is 0 Å². The van der Waals surface area contributed by atoms with E-state index in [0.717, 1.165) is 37.9 Å². The average Bonchev–Trinajstić information content (AvgIpc) is 2.90. The van der Waals surface area contributed by atoms with Crippen LogP contribution in [-0.2, 0) is 10.9 Å². The fraction of sp³-hybridized carbons (Fsp3) is 0.632. The van der Waals surface area contributed by atoms with Crippen LogP contribution < -0.4 is 4.74 Å². The first-order chi connectivity index (χ1) is 12.0. The maximum absolute atomic E-state index is 13.0. The van der Waals surface area contributed by atoms with Crippen LogP contribution in [0.2, 0.25) is 0 Å². The van der Waals surface area contributed by atoms with E-state index in [1.165, 1.54) is 6.07 Å². The van der Waals surface area contributed by atoms with Crippen molar-refractivity contribution in [3.8, 4) is 5.75 Å². The van der Waals surface area contributed by atoms with E-state index in [1.807, 2.05) is 7.05 Å². The molecule has 0 amide bonds. The van der Waals surface area contributed by atoms with Gasteiger partial charge in [0.2, 0.25) is 0 Å². The van der Waals surface area contributed by atoms with Gasteiger partial charge in [-0.15, -0.1) is 0 Å². The van der Waals surface area contributed by atoms with Gasteiger partial charge in [0.05, 0.1) is 12.2 Å². The zero-order valence-electron chi connectivity index (χ0n) is 15.7. The summed E-state index contributed by atoms with van der Waals surface area (Å²) in [7, 11) is 2.04. The van der Waals surface area contributed by atoms with E-state index >= 15 is 0 Å². The summed E-state index contributed by atoms with van der Waals surface area (Å²) in [5.41, 5.74) is -1.91. The molecule has 0 bridgehead atoms. The number of rotatable bonds is 5. The summed E-state index contributed by atoms with van der Waals surface area (Å²) in [5, 5.41) is 0. The van der Waals surface area contributed by atoms with Crippen molar-refractivity contribution in [2.45, 2.75) is 57.9 Å². The molecule has 1 aromatic rings. The Morgan fingerprint density at radius 3 is 2.50 bits per heavy atom. The third-order valence-corrected chi connectivity index (χ3v) is 4.31. The minimum atomic E-state index is -4.54. The predicted molar refractivity (Wildman–Crippen MR) is 92.4 cm³/mol. The zero-order chi connectivity index (χ0) is 19.5. The summed E-state index contributed by atoms with van der Waals surface area (Å²) >= 11 is 0. The van der Waals surface area contributed by atoms with E-state index < -0.39 is 23.3 Å². The molecule has 7 heteroatoms. The second-order valence-electron chi connectivity index (χ2n) is 7.62. The number of carbonyl (C=O) groups is 1. The van der Waals surface area contributed by atoms with E-state index in [-0.39, 0.29) is 11.3 Å². The van der Waals surface area contributed by atoms with Gasteiger partial charge in [0.1, 0.15) is 16.9 Å². The molecular weight excluding hydrogens is 347 g/mol. The number of alkyl halides is 3. The number of ether oxygens (including phenoxy) is 2. The van der Waals surface area contributed by atoms with Crippen LogP contribution in [0.25, 0.3) is 0 Å². The topological polar surface area (TPSA) is 38.8 Å². The summed E-state index contributed by atoms with van der Waals surface area (Å²) in [6, 6.07) is 3.31. The summed E-state index contributed by atoms with van der Waals surface area (Å²) in [5.74, 6) is -0.704. The number of hydrogen-bond donors (Lipinski definition) is 0. The molecule has 2 rings (SSSR count). The van der Waals surface area contributed by atoms with Gasteiger partial charge in [-0.1, -0.05) is 0 Å². The molecule has 4 nitrogen and oxygen atoms in total. The highest BCUT2D eigenvalue weighted by Crippen LogP contribution is 2.33. The number of halogens is 3. The highest BCUT2D eigenvalue weighted by Gasteiger charge is 2.33. The number of hydrogen-bond acceptors (Lipinski definition) is 4. The second-order valence-corrected chi connectivity index (χ2v) is 7.62. The summed E-state index contributed by atoms with van der Waals surface area (Å²) < 4.78 is 49.9. The van der Waals surface area contributed by atoms with Gasteiger partial charge in [-0.25, -0.2) is 4.79 Å². The van der Waals surface area contributed by atoms with Gasteiger partial charge in [0.25, 0.3) is 0 Å². The van der Waals surface area contributed by atoms with Crippen LogP contribution in [0.3, 0.4) is 0 Å². The van der Waals surface area contributed by atoms with Crippen LogP contribution in [0.4, 0.5) is 13.2 Å². The van der Waals surface area contributed by atoms with Crippen molar-refractivity contribution < 1.29 is 27.4 Å². The van der Waals surface area contributed by atoms with Crippen LogP contribution in [0.1, 0.15) is 56.0 Å². The van der Waals surface area contributed by atoms with Crippen molar-refractivity contribution >= 4 is 5.97 Å². The number of nitrogens with zero attached hydrogens (tertiary/aromatic N) is 1. The van der Waals surface area contributed by atoms with Gasteiger partial charge in [-0.2, -0.15) is 13.2 Å². The Bertz CT molecular complexity index is 638. The molecule has 1 aliphatic heterocycles. The number of benzene rings is 1. The Kier molecular flexibility index (Phi) is 6.21. The molecule has 0 aromatic heterocycles. The van der Waals surface area contributed by atoms with Crippen molar-refractivity contribution in [3.63, 3.8) is 0 Å². The standard InChI is InChI=1S/C19H26F3NO3/c1-18(2,3)26-17(24)15-12-13(19(20,21)22)7-8-16(15)25-11-9-14-6-5-10-23(14)4/h7-8,12,14H,5-6,9-11H2,1-4H3. The quantitative estimate of drug-likeness (QED) is 0.711. The normalized spacial score (nSPS) is 18.8. The van der Waals surface area contributed by atoms with Gasteiger partial charge in [-0.05, 0) is 71.8 Å². The van der Waals surface area contributed by atoms with Gasteiger partial charge in [0.15, 0.2) is 0 Å². The number of carbonyl (C=O) groups excluding carboxylic acids is 1. The molecule has 1 heterocycles. The first-order valence-corrected chi connectivity index (χ1v) is 8.75. The zero-order valence-corrected chi connectivity index (χ0v) is 15.7. The second kappa shape index (κ2) is 7.86. The number of likely N-dealkylation sites (tertiary alicyclic amines) is 1. The maximum atomic E-state index is 13.0.